The number of hydrogen-bond donors (Lipinski definition) is 1. The van der Waals surface area contributed by atoms with Gasteiger partial charge < -0.3 is 10.1 Å². The Morgan fingerprint density at radius 3 is 2.76 bits per heavy atom. The summed E-state index contributed by atoms with van der Waals surface area (Å²) in [4.78, 5) is 21.4. The van der Waals surface area contributed by atoms with Crippen LogP contribution < -0.4 is 5.32 Å². The van der Waals surface area contributed by atoms with Gasteiger partial charge in [0.25, 0.3) is 11.6 Å². The Morgan fingerprint density at radius 1 is 1.53 bits per heavy atom. The fourth-order valence-electron chi connectivity index (χ4n) is 1.38. The predicted octanol–water partition coefficient (Wildman–Crippen LogP) is 0.862. The molecule has 6 nitrogen and oxygen atoms in total. The quantitative estimate of drug-likeness (QED) is 0.627. The summed E-state index contributed by atoms with van der Waals surface area (Å²) < 4.78 is 18.2. The van der Waals surface area contributed by atoms with E-state index in [1.165, 1.54) is 0 Å². The summed E-state index contributed by atoms with van der Waals surface area (Å²) in [5.74, 6) is -1.45. The second kappa shape index (κ2) is 4.46. The maximum Gasteiger partial charge on any atom is 0.270 e. The van der Waals surface area contributed by atoms with Gasteiger partial charge in [-0.3, -0.25) is 14.9 Å². The Kier molecular flexibility index (Phi) is 3.01. The van der Waals surface area contributed by atoms with Crippen molar-refractivity contribution in [2.75, 3.05) is 13.2 Å². The van der Waals surface area contributed by atoms with Gasteiger partial charge >= 0.3 is 0 Å². The Hall–Kier alpha value is -2.02. The minimum atomic E-state index is -0.784. The van der Waals surface area contributed by atoms with Crippen molar-refractivity contribution in [3.8, 4) is 0 Å². The number of non-ortho nitro benzene ring substituents is 1. The van der Waals surface area contributed by atoms with Crippen molar-refractivity contribution in [3.63, 3.8) is 0 Å². The topological polar surface area (TPSA) is 81.5 Å². The molecule has 0 saturated carbocycles. The molecule has 1 aliphatic rings. The van der Waals surface area contributed by atoms with E-state index in [4.69, 9.17) is 4.74 Å². The van der Waals surface area contributed by atoms with E-state index in [-0.39, 0.29) is 17.3 Å². The lowest BCUT2D eigenvalue weighted by Crippen LogP contribution is -2.48. The molecule has 0 unspecified atom stereocenters. The standard InChI is InChI=1S/C10H9FN2O4/c11-9-2-1-7(13(15)16)3-8(9)10(14)12-6-4-17-5-6/h1-3,6H,4-5H2,(H,12,14). The number of carbonyl (C=O) groups excluding carboxylic acids is 1. The van der Waals surface area contributed by atoms with Gasteiger partial charge in [0.2, 0.25) is 0 Å². The molecule has 0 aliphatic carbocycles. The smallest absolute Gasteiger partial charge is 0.270 e. The molecule has 1 aromatic rings. The monoisotopic (exact) mass is 240 g/mol. The number of hydrogen-bond acceptors (Lipinski definition) is 4. The highest BCUT2D eigenvalue weighted by Gasteiger charge is 2.23. The van der Waals surface area contributed by atoms with E-state index < -0.39 is 16.6 Å². The number of nitrogens with one attached hydrogen (secondary N) is 1. The first-order valence-electron chi connectivity index (χ1n) is 4.90. The molecule has 1 heterocycles. The first-order chi connectivity index (χ1) is 8.08. The molecule has 1 N–H and O–H groups in total. The van der Waals surface area contributed by atoms with Crippen LogP contribution >= 0.6 is 0 Å². The highest BCUT2D eigenvalue weighted by Crippen LogP contribution is 2.17. The Bertz CT molecular complexity index is 473. The van der Waals surface area contributed by atoms with Crippen molar-refractivity contribution in [3.05, 3.63) is 39.7 Å². The van der Waals surface area contributed by atoms with Crippen LogP contribution in [0.15, 0.2) is 18.2 Å². The van der Waals surface area contributed by atoms with E-state index in [1.807, 2.05) is 0 Å². The van der Waals surface area contributed by atoms with Crippen molar-refractivity contribution in [1.29, 1.82) is 0 Å². The van der Waals surface area contributed by atoms with Crippen LogP contribution in [0.2, 0.25) is 0 Å². The molecule has 1 aromatic carbocycles. The van der Waals surface area contributed by atoms with Gasteiger partial charge in [0, 0.05) is 12.1 Å². The number of nitrogens with zero attached hydrogens (tertiary/aromatic N) is 1. The van der Waals surface area contributed by atoms with Crippen LogP contribution in [-0.4, -0.2) is 30.1 Å². The molecule has 0 spiro atoms. The van der Waals surface area contributed by atoms with Crippen LogP contribution in [0.5, 0.6) is 0 Å². The van der Waals surface area contributed by atoms with Crippen molar-refractivity contribution in [1.82, 2.24) is 5.32 Å². The van der Waals surface area contributed by atoms with Crippen LogP contribution in [-0.2, 0) is 4.74 Å². The SMILES string of the molecule is O=C(NC1COC1)c1cc([N+](=O)[O-])ccc1F. The average Bonchev–Trinajstić information content (AvgIpc) is 2.23. The molecule has 90 valence electrons. The van der Waals surface area contributed by atoms with Gasteiger partial charge in [0.1, 0.15) is 5.82 Å². The summed E-state index contributed by atoms with van der Waals surface area (Å²) in [6, 6.07) is 2.69. The lowest BCUT2D eigenvalue weighted by Gasteiger charge is -2.26. The molecule has 7 heteroatoms. The second-order valence-corrected chi connectivity index (χ2v) is 3.63. The summed E-state index contributed by atoms with van der Waals surface area (Å²) in [6.45, 7) is 0.755. The Labute approximate surface area is 95.5 Å². The van der Waals surface area contributed by atoms with E-state index in [9.17, 15) is 19.3 Å². The first kappa shape index (κ1) is 11.5. The average molecular weight is 240 g/mol. The molecular formula is C10H9FN2O4. The number of nitro groups is 1. The molecular weight excluding hydrogens is 231 g/mol. The number of amides is 1. The fourth-order valence-corrected chi connectivity index (χ4v) is 1.38. The Balaban J connectivity index is 2.20. The highest BCUT2D eigenvalue weighted by atomic mass is 19.1. The van der Waals surface area contributed by atoms with Gasteiger partial charge in [0.05, 0.1) is 29.7 Å². The predicted molar refractivity (Wildman–Crippen MR) is 55.1 cm³/mol. The van der Waals surface area contributed by atoms with Crippen LogP contribution in [0.3, 0.4) is 0 Å². The fraction of sp³-hybridized carbons (Fsp3) is 0.300. The number of rotatable bonds is 3. The third-order valence-corrected chi connectivity index (χ3v) is 2.38. The van der Waals surface area contributed by atoms with Crippen molar-refractivity contribution < 1.29 is 18.8 Å². The molecule has 0 atom stereocenters. The number of nitro benzene ring substituents is 1. The molecule has 17 heavy (non-hydrogen) atoms. The lowest BCUT2D eigenvalue weighted by molar-refractivity contribution is -0.384. The van der Waals surface area contributed by atoms with Crippen LogP contribution in [0.4, 0.5) is 10.1 Å². The van der Waals surface area contributed by atoms with E-state index in [2.05, 4.69) is 5.32 Å². The van der Waals surface area contributed by atoms with Crippen molar-refractivity contribution in [2.45, 2.75) is 6.04 Å². The second-order valence-electron chi connectivity index (χ2n) is 3.63. The zero-order chi connectivity index (χ0) is 12.4. The number of benzene rings is 1. The van der Waals surface area contributed by atoms with E-state index in [1.54, 1.807) is 0 Å². The largest absolute Gasteiger partial charge is 0.377 e. The summed E-state index contributed by atoms with van der Waals surface area (Å²) in [5.41, 5.74) is -0.646. The van der Waals surface area contributed by atoms with Crippen molar-refractivity contribution in [2.24, 2.45) is 0 Å². The van der Waals surface area contributed by atoms with E-state index in [0.29, 0.717) is 13.2 Å². The number of halogens is 1. The van der Waals surface area contributed by atoms with Gasteiger partial charge in [-0.15, -0.1) is 0 Å². The normalized spacial score (nSPS) is 15.1. The molecule has 1 aliphatic heterocycles. The highest BCUT2D eigenvalue weighted by molar-refractivity contribution is 5.95. The summed E-state index contributed by atoms with van der Waals surface area (Å²) in [7, 11) is 0. The summed E-state index contributed by atoms with van der Waals surface area (Å²) >= 11 is 0. The van der Waals surface area contributed by atoms with E-state index >= 15 is 0 Å². The van der Waals surface area contributed by atoms with Crippen LogP contribution in [0, 0.1) is 15.9 Å². The first-order valence-corrected chi connectivity index (χ1v) is 4.90. The summed E-state index contributed by atoms with van der Waals surface area (Å²) in [6.07, 6.45) is 0. The molecule has 0 radical (unpaired) electrons. The molecule has 1 fully saturated rings. The van der Waals surface area contributed by atoms with Gasteiger partial charge in [-0.25, -0.2) is 4.39 Å². The number of carbonyl (C=O) groups is 1. The molecule has 0 bridgehead atoms. The molecule has 1 saturated heterocycles. The Morgan fingerprint density at radius 2 is 2.24 bits per heavy atom. The maximum absolute atomic E-state index is 13.3. The third kappa shape index (κ3) is 2.39. The van der Waals surface area contributed by atoms with Crippen LogP contribution in [0.25, 0.3) is 0 Å². The van der Waals surface area contributed by atoms with Gasteiger partial charge in [-0.05, 0) is 6.07 Å². The zero-order valence-corrected chi connectivity index (χ0v) is 8.68. The minimum absolute atomic E-state index is 0.152. The molecule has 2 rings (SSSR count). The van der Waals surface area contributed by atoms with Crippen LogP contribution in [0.1, 0.15) is 10.4 Å². The minimum Gasteiger partial charge on any atom is -0.377 e. The number of ether oxygens (including phenoxy) is 1. The maximum atomic E-state index is 13.3. The van der Waals surface area contributed by atoms with Gasteiger partial charge in [-0.1, -0.05) is 0 Å². The molecule has 1 amide bonds. The van der Waals surface area contributed by atoms with Gasteiger partial charge in [-0.2, -0.15) is 0 Å². The third-order valence-electron chi connectivity index (χ3n) is 2.38. The van der Waals surface area contributed by atoms with Crippen molar-refractivity contribution >= 4 is 11.6 Å². The van der Waals surface area contributed by atoms with E-state index in [0.717, 1.165) is 18.2 Å². The lowest BCUT2D eigenvalue weighted by atomic mass is 10.1. The molecule has 0 aromatic heterocycles. The van der Waals surface area contributed by atoms with Gasteiger partial charge in [0.15, 0.2) is 0 Å². The summed E-state index contributed by atoms with van der Waals surface area (Å²) in [5, 5.41) is 13.0. The zero-order valence-electron chi connectivity index (χ0n) is 8.68.